The minimum absolute atomic E-state index is 0.205. The molecule has 0 aliphatic rings. The molecule has 0 bridgehead atoms. The first-order chi connectivity index (χ1) is 7.66. The van der Waals surface area contributed by atoms with Crippen molar-refractivity contribution < 1.29 is 9.18 Å². The fourth-order valence-corrected chi connectivity index (χ4v) is 1.66. The fourth-order valence-electron chi connectivity index (χ4n) is 1.22. The van der Waals surface area contributed by atoms with Gasteiger partial charge < -0.3 is 10.6 Å². The topological polar surface area (TPSA) is 41.1 Å². The zero-order chi connectivity index (χ0) is 12.0. The normalized spacial score (nSPS) is 10.2. The third-order valence-electron chi connectivity index (χ3n) is 2.03. The largest absolute Gasteiger partial charge is 0.351 e. The van der Waals surface area contributed by atoms with Gasteiger partial charge >= 0.3 is 0 Å². The maximum Gasteiger partial charge on any atom is 0.252 e. The second-order valence-electron chi connectivity index (χ2n) is 3.21. The van der Waals surface area contributed by atoms with E-state index < -0.39 is 5.82 Å². The number of benzene rings is 1. The third-order valence-corrected chi connectivity index (χ3v) is 2.84. The average molecular weight is 289 g/mol. The van der Waals surface area contributed by atoms with Crippen molar-refractivity contribution in [1.82, 2.24) is 10.6 Å². The van der Waals surface area contributed by atoms with Gasteiger partial charge in [0.1, 0.15) is 5.82 Å². The van der Waals surface area contributed by atoms with Gasteiger partial charge in [-0.15, -0.1) is 0 Å². The van der Waals surface area contributed by atoms with Crippen molar-refractivity contribution in [3.8, 4) is 0 Å². The van der Waals surface area contributed by atoms with Crippen LogP contribution in [0.25, 0.3) is 0 Å². The first kappa shape index (κ1) is 13.1. The van der Waals surface area contributed by atoms with Crippen LogP contribution >= 0.6 is 15.9 Å². The summed E-state index contributed by atoms with van der Waals surface area (Å²) in [4.78, 5) is 11.6. The molecule has 0 unspecified atom stereocenters. The highest BCUT2D eigenvalue weighted by Crippen LogP contribution is 2.19. The summed E-state index contributed by atoms with van der Waals surface area (Å²) in [6.45, 7) is 4.08. The molecule has 1 rings (SSSR count). The molecule has 0 spiro atoms. The number of hydrogen-bond acceptors (Lipinski definition) is 2. The van der Waals surface area contributed by atoms with Gasteiger partial charge in [0, 0.05) is 13.1 Å². The van der Waals surface area contributed by atoms with Crippen LogP contribution in [0.15, 0.2) is 22.7 Å². The Balaban J connectivity index is 2.56. The van der Waals surface area contributed by atoms with Crippen molar-refractivity contribution in [3.05, 3.63) is 34.1 Å². The standard InChI is InChI=1S/C11H14BrFN2O/c1-2-14-6-7-15-11(16)8-4-3-5-9(13)10(8)12/h3-5,14H,2,6-7H2,1H3,(H,15,16). The van der Waals surface area contributed by atoms with E-state index in [2.05, 4.69) is 26.6 Å². The average Bonchev–Trinajstić information content (AvgIpc) is 2.28. The van der Waals surface area contributed by atoms with Crippen LogP contribution in [0.1, 0.15) is 17.3 Å². The van der Waals surface area contributed by atoms with E-state index >= 15 is 0 Å². The SMILES string of the molecule is CCNCCNC(=O)c1cccc(F)c1Br. The maximum absolute atomic E-state index is 13.1. The Morgan fingerprint density at radius 3 is 2.88 bits per heavy atom. The first-order valence-corrected chi connectivity index (χ1v) is 5.89. The molecule has 0 aromatic heterocycles. The molecule has 0 saturated heterocycles. The summed E-state index contributed by atoms with van der Waals surface area (Å²) in [6.07, 6.45) is 0. The maximum atomic E-state index is 13.1. The van der Waals surface area contributed by atoms with Crippen LogP contribution in [0.4, 0.5) is 4.39 Å². The van der Waals surface area contributed by atoms with E-state index in [0.717, 1.165) is 6.54 Å². The molecule has 0 aliphatic heterocycles. The van der Waals surface area contributed by atoms with Gasteiger partial charge in [0.05, 0.1) is 10.0 Å². The monoisotopic (exact) mass is 288 g/mol. The number of likely N-dealkylation sites (N-methyl/N-ethyl adjacent to an activating group) is 1. The van der Waals surface area contributed by atoms with Crippen molar-refractivity contribution in [2.75, 3.05) is 19.6 Å². The van der Waals surface area contributed by atoms with Gasteiger partial charge in [-0.05, 0) is 34.6 Å². The Morgan fingerprint density at radius 1 is 1.44 bits per heavy atom. The molecule has 3 nitrogen and oxygen atoms in total. The number of carbonyl (C=O) groups excluding carboxylic acids is 1. The molecule has 1 aromatic carbocycles. The van der Waals surface area contributed by atoms with Gasteiger partial charge in [-0.2, -0.15) is 0 Å². The molecule has 5 heteroatoms. The second kappa shape index (κ2) is 6.60. The van der Waals surface area contributed by atoms with Crippen LogP contribution in [-0.4, -0.2) is 25.5 Å². The summed E-state index contributed by atoms with van der Waals surface area (Å²) in [5.41, 5.74) is 0.316. The van der Waals surface area contributed by atoms with Crippen LogP contribution < -0.4 is 10.6 Å². The third kappa shape index (κ3) is 3.57. The van der Waals surface area contributed by atoms with Gasteiger partial charge in [0.25, 0.3) is 5.91 Å². The number of nitrogens with one attached hydrogen (secondary N) is 2. The Morgan fingerprint density at radius 2 is 2.19 bits per heavy atom. The molecule has 0 radical (unpaired) electrons. The van der Waals surface area contributed by atoms with Crippen molar-refractivity contribution in [2.24, 2.45) is 0 Å². The highest BCUT2D eigenvalue weighted by Gasteiger charge is 2.11. The van der Waals surface area contributed by atoms with E-state index in [-0.39, 0.29) is 10.4 Å². The molecular formula is C11H14BrFN2O. The van der Waals surface area contributed by atoms with E-state index in [0.29, 0.717) is 18.7 Å². The van der Waals surface area contributed by atoms with Gasteiger partial charge in [-0.1, -0.05) is 13.0 Å². The Bertz CT molecular complexity index is 371. The molecule has 1 amide bonds. The summed E-state index contributed by atoms with van der Waals surface area (Å²) in [7, 11) is 0. The molecule has 0 saturated carbocycles. The van der Waals surface area contributed by atoms with E-state index in [1.165, 1.54) is 12.1 Å². The van der Waals surface area contributed by atoms with Crippen LogP contribution in [0.5, 0.6) is 0 Å². The summed E-state index contributed by atoms with van der Waals surface area (Å²) < 4.78 is 13.3. The number of hydrogen-bond donors (Lipinski definition) is 2. The van der Waals surface area contributed by atoms with Gasteiger partial charge in [-0.3, -0.25) is 4.79 Å². The Labute approximate surface area is 103 Å². The Hall–Kier alpha value is -0.940. The smallest absolute Gasteiger partial charge is 0.252 e. The summed E-state index contributed by atoms with van der Waals surface area (Å²) in [6, 6.07) is 4.40. The van der Waals surface area contributed by atoms with E-state index in [9.17, 15) is 9.18 Å². The number of amides is 1. The highest BCUT2D eigenvalue weighted by atomic mass is 79.9. The van der Waals surface area contributed by atoms with E-state index in [4.69, 9.17) is 0 Å². The number of carbonyl (C=O) groups is 1. The van der Waals surface area contributed by atoms with Crippen molar-refractivity contribution in [1.29, 1.82) is 0 Å². The molecule has 0 fully saturated rings. The predicted molar refractivity (Wildman–Crippen MR) is 65.0 cm³/mol. The number of halogens is 2. The molecule has 88 valence electrons. The lowest BCUT2D eigenvalue weighted by Gasteiger charge is -2.07. The zero-order valence-corrected chi connectivity index (χ0v) is 10.6. The molecular weight excluding hydrogens is 275 g/mol. The minimum Gasteiger partial charge on any atom is -0.351 e. The zero-order valence-electron chi connectivity index (χ0n) is 9.02. The lowest BCUT2D eigenvalue weighted by molar-refractivity contribution is 0.0952. The van der Waals surface area contributed by atoms with E-state index in [1.807, 2.05) is 6.92 Å². The van der Waals surface area contributed by atoms with E-state index in [1.54, 1.807) is 6.07 Å². The molecule has 1 aromatic rings. The lowest BCUT2D eigenvalue weighted by Crippen LogP contribution is -2.31. The lowest BCUT2D eigenvalue weighted by atomic mass is 10.2. The van der Waals surface area contributed by atoms with Crippen LogP contribution in [0.3, 0.4) is 0 Å². The minimum atomic E-state index is -0.431. The summed E-state index contributed by atoms with van der Waals surface area (Å²) in [5.74, 6) is -0.705. The van der Waals surface area contributed by atoms with Crippen LogP contribution in [0.2, 0.25) is 0 Å². The van der Waals surface area contributed by atoms with Crippen molar-refractivity contribution in [2.45, 2.75) is 6.92 Å². The van der Waals surface area contributed by atoms with Crippen LogP contribution in [-0.2, 0) is 0 Å². The molecule has 2 N–H and O–H groups in total. The molecule has 0 heterocycles. The summed E-state index contributed by atoms with van der Waals surface area (Å²) >= 11 is 3.05. The molecule has 0 atom stereocenters. The van der Waals surface area contributed by atoms with Gasteiger partial charge in [0.2, 0.25) is 0 Å². The van der Waals surface area contributed by atoms with Gasteiger partial charge in [0.15, 0.2) is 0 Å². The fraction of sp³-hybridized carbons (Fsp3) is 0.364. The second-order valence-corrected chi connectivity index (χ2v) is 4.00. The summed E-state index contributed by atoms with van der Waals surface area (Å²) in [5, 5.41) is 5.78. The molecule has 16 heavy (non-hydrogen) atoms. The van der Waals surface area contributed by atoms with Crippen LogP contribution in [0, 0.1) is 5.82 Å². The highest BCUT2D eigenvalue weighted by molar-refractivity contribution is 9.10. The van der Waals surface area contributed by atoms with Gasteiger partial charge in [-0.25, -0.2) is 4.39 Å². The first-order valence-electron chi connectivity index (χ1n) is 5.09. The molecule has 0 aliphatic carbocycles. The van der Waals surface area contributed by atoms with Crippen molar-refractivity contribution in [3.63, 3.8) is 0 Å². The number of rotatable bonds is 5. The predicted octanol–water partition coefficient (Wildman–Crippen LogP) is 1.93. The van der Waals surface area contributed by atoms with Crippen molar-refractivity contribution >= 4 is 21.8 Å². The Kier molecular flexibility index (Phi) is 5.42. The quantitative estimate of drug-likeness (QED) is 0.813.